The number of amides is 2. The van der Waals surface area contributed by atoms with Crippen molar-refractivity contribution in [1.82, 2.24) is 9.80 Å². The van der Waals surface area contributed by atoms with E-state index in [2.05, 4.69) is 0 Å². The molecule has 2 atom stereocenters. The van der Waals surface area contributed by atoms with Crippen LogP contribution in [-0.2, 0) is 4.74 Å². The average Bonchev–Trinajstić information content (AvgIpc) is 2.67. The van der Waals surface area contributed by atoms with E-state index in [1.54, 1.807) is 0 Å². The molecule has 2 fully saturated rings. The van der Waals surface area contributed by atoms with E-state index in [1.807, 2.05) is 23.6 Å². The largest absolute Gasteiger partial charge is 0.372 e. The van der Waals surface area contributed by atoms with Crippen LogP contribution in [0.1, 0.15) is 26.7 Å². The summed E-state index contributed by atoms with van der Waals surface area (Å²) >= 11 is 0. The van der Waals surface area contributed by atoms with Gasteiger partial charge in [-0.15, -0.1) is 0 Å². The van der Waals surface area contributed by atoms with Gasteiger partial charge in [-0.25, -0.2) is 4.79 Å². The molecule has 2 rings (SSSR count). The Morgan fingerprint density at radius 3 is 2.13 bits per heavy atom. The Kier molecular flexibility index (Phi) is 3.14. The summed E-state index contributed by atoms with van der Waals surface area (Å²) in [4.78, 5) is 16.0. The van der Waals surface area contributed by atoms with E-state index in [0.29, 0.717) is 0 Å². The number of rotatable bonds is 0. The molecule has 0 aromatic carbocycles. The zero-order valence-electron chi connectivity index (χ0n) is 9.61. The topological polar surface area (TPSA) is 32.8 Å². The highest BCUT2D eigenvalue weighted by atomic mass is 16.5. The van der Waals surface area contributed by atoms with Crippen molar-refractivity contribution in [3.8, 4) is 0 Å². The zero-order valence-corrected chi connectivity index (χ0v) is 9.61. The van der Waals surface area contributed by atoms with Gasteiger partial charge in [0.2, 0.25) is 0 Å². The van der Waals surface area contributed by atoms with Crippen molar-refractivity contribution in [1.29, 1.82) is 0 Å². The highest BCUT2D eigenvalue weighted by Gasteiger charge is 2.29. The predicted molar refractivity (Wildman–Crippen MR) is 57.8 cm³/mol. The molecule has 2 heterocycles. The molecule has 4 nitrogen and oxygen atoms in total. The number of morpholine rings is 1. The smallest absolute Gasteiger partial charge is 0.320 e. The van der Waals surface area contributed by atoms with Crippen molar-refractivity contribution in [2.24, 2.45) is 0 Å². The van der Waals surface area contributed by atoms with Gasteiger partial charge in [0.1, 0.15) is 0 Å². The number of likely N-dealkylation sites (tertiary alicyclic amines) is 1. The van der Waals surface area contributed by atoms with Crippen LogP contribution in [-0.4, -0.2) is 54.2 Å². The predicted octanol–water partition coefficient (Wildman–Crippen LogP) is 1.31. The molecule has 0 bridgehead atoms. The van der Waals surface area contributed by atoms with E-state index in [-0.39, 0.29) is 18.2 Å². The van der Waals surface area contributed by atoms with E-state index < -0.39 is 0 Å². The second kappa shape index (κ2) is 4.39. The maximum absolute atomic E-state index is 12.1. The summed E-state index contributed by atoms with van der Waals surface area (Å²) in [6, 6.07) is 0.203. The zero-order chi connectivity index (χ0) is 10.8. The summed E-state index contributed by atoms with van der Waals surface area (Å²) in [5.41, 5.74) is 0. The summed E-state index contributed by atoms with van der Waals surface area (Å²) in [6.07, 6.45) is 2.64. The maximum atomic E-state index is 12.1. The van der Waals surface area contributed by atoms with Crippen molar-refractivity contribution in [3.63, 3.8) is 0 Å². The Balaban J connectivity index is 1.93. The molecule has 0 aliphatic carbocycles. The fraction of sp³-hybridized carbons (Fsp3) is 0.909. The first-order chi connectivity index (χ1) is 7.16. The van der Waals surface area contributed by atoms with Crippen LogP contribution in [0, 0.1) is 0 Å². The Bertz CT molecular complexity index is 229. The summed E-state index contributed by atoms with van der Waals surface area (Å²) < 4.78 is 5.62. The molecule has 0 spiro atoms. The van der Waals surface area contributed by atoms with Crippen molar-refractivity contribution in [3.05, 3.63) is 0 Å². The van der Waals surface area contributed by atoms with Crippen LogP contribution >= 0.6 is 0 Å². The number of nitrogens with zero attached hydrogens (tertiary/aromatic N) is 2. The van der Waals surface area contributed by atoms with Gasteiger partial charge in [0.05, 0.1) is 12.2 Å². The molecule has 4 heteroatoms. The highest BCUT2D eigenvalue weighted by molar-refractivity contribution is 5.74. The minimum Gasteiger partial charge on any atom is -0.372 e. The van der Waals surface area contributed by atoms with E-state index in [9.17, 15) is 4.79 Å². The van der Waals surface area contributed by atoms with Crippen LogP contribution in [0.4, 0.5) is 4.79 Å². The fourth-order valence-electron chi connectivity index (χ4n) is 2.44. The molecule has 15 heavy (non-hydrogen) atoms. The van der Waals surface area contributed by atoms with Gasteiger partial charge in [-0.3, -0.25) is 0 Å². The number of urea groups is 1. The number of hydrogen-bond donors (Lipinski definition) is 0. The van der Waals surface area contributed by atoms with Crippen LogP contribution in [0.15, 0.2) is 0 Å². The first kappa shape index (κ1) is 10.7. The minimum absolute atomic E-state index is 0.167. The molecule has 2 amide bonds. The van der Waals surface area contributed by atoms with E-state index in [1.165, 1.54) is 0 Å². The van der Waals surface area contributed by atoms with Gasteiger partial charge in [-0.2, -0.15) is 0 Å². The quantitative estimate of drug-likeness (QED) is 0.606. The van der Waals surface area contributed by atoms with Gasteiger partial charge in [0, 0.05) is 26.2 Å². The minimum atomic E-state index is 0.167. The Labute approximate surface area is 91.2 Å². The van der Waals surface area contributed by atoms with Crippen LogP contribution in [0.2, 0.25) is 0 Å². The van der Waals surface area contributed by atoms with Crippen molar-refractivity contribution in [2.75, 3.05) is 26.2 Å². The Hall–Kier alpha value is -0.770. The summed E-state index contributed by atoms with van der Waals surface area (Å²) in [5, 5.41) is 0. The second-order valence-corrected chi connectivity index (χ2v) is 4.64. The van der Waals surface area contributed by atoms with Crippen molar-refractivity contribution in [2.45, 2.75) is 38.9 Å². The summed E-state index contributed by atoms with van der Waals surface area (Å²) in [6.45, 7) is 7.39. The lowest BCUT2D eigenvalue weighted by atomic mass is 10.2. The number of carbonyl (C=O) groups excluding carboxylic acids is 1. The third-order valence-corrected chi connectivity index (χ3v) is 3.07. The number of hydrogen-bond acceptors (Lipinski definition) is 2. The van der Waals surface area contributed by atoms with Gasteiger partial charge in [0.25, 0.3) is 0 Å². The first-order valence-corrected chi connectivity index (χ1v) is 5.86. The van der Waals surface area contributed by atoms with Crippen LogP contribution in [0.25, 0.3) is 0 Å². The van der Waals surface area contributed by atoms with Crippen molar-refractivity contribution >= 4 is 6.03 Å². The van der Waals surface area contributed by atoms with Crippen molar-refractivity contribution < 1.29 is 9.53 Å². The summed E-state index contributed by atoms with van der Waals surface area (Å²) in [5.74, 6) is 0. The van der Waals surface area contributed by atoms with E-state index in [4.69, 9.17) is 4.74 Å². The molecule has 0 saturated carbocycles. The third kappa shape index (κ3) is 2.43. The van der Waals surface area contributed by atoms with Crippen LogP contribution < -0.4 is 0 Å². The second-order valence-electron chi connectivity index (χ2n) is 4.64. The molecule has 0 aromatic heterocycles. The lowest BCUT2D eigenvalue weighted by molar-refractivity contribution is -0.0576. The molecule has 86 valence electrons. The molecular weight excluding hydrogens is 192 g/mol. The Morgan fingerprint density at radius 1 is 1.07 bits per heavy atom. The van der Waals surface area contributed by atoms with Crippen LogP contribution in [0.5, 0.6) is 0 Å². The lowest BCUT2D eigenvalue weighted by Crippen LogP contribution is -2.52. The van der Waals surface area contributed by atoms with Crippen LogP contribution in [0.3, 0.4) is 0 Å². The van der Waals surface area contributed by atoms with E-state index in [0.717, 1.165) is 39.0 Å². The molecule has 0 N–H and O–H groups in total. The molecule has 2 aliphatic rings. The summed E-state index contributed by atoms with van der Waals surface area (Å²) in [7, 11) is 0. The molecule has 0 aromatic rings. The maximum Gasteiger partial charge on any atom is 0.320 e. The van der Waals surface area contributed by atoms with Gasteiger partial charge in [-0.1, -0.05) is 0 Å². The monoisotopic (exact) mass is 212 g/mol. The standard InChI is InChI=1S/C11H20N2O2/c1-9-7-13(8-10(2)15-9)11(14)12-5-3-4-6-12/h9-10H,3-8H2,1-2H3. The van der Waals surface area contributed by atoms with Gasteiger partial charge < -0.3 is 14.5 Å². The normalized spacial score (nSPS) is 32.1. The number of ether oxygens (including phenoxy) is 1. The van der Waals surface area contributed by atoms with Gasteiger partial charge in [0.15, 0.2) is 0 Å². The average molecular weight is 212 g/mol. The fourth-order valence-corrected chi connectivity index (χ4v) is 2.44. The number of carbonyl (C=O) groups is 1. The van der Waals surface area contributed by atoms with E-state index >= 15 is 0 Å². The first-order valence-electron chi connectivity index (χ1n) is 5.86. The molecule has 2 aliphatic heterocycles. The molecule has 2 saturated heterocycles. The molecular formula is C11H20N2O2. The highest BCUT2D eigenvalue weighted by Crippen LogP contribution is 2.15. The molecule has 0 radical (unpaired) electrons. The SMILES string of the molecule is CC1CN(C(=O)N2CCCC2)CC(C)O1. The van der Waals surface area contributed by atoms with Gasteiger partial charge in [-0.05, 0) is 26.7 Å². The third-order valence-electron chi connectivity index (χ3n) is 3.07. The lowest BCUT2D eigenvalue weighted by Gasteiger charge is -2.37. The Morgan fingerprint density at radius 2 is 1.60 bits per heavy atom. The molecule has 2 unspecified atom stereocenters. The van der Waals surface area contributed by atoms with Gasteiger partial charge >= 0.3 is 6.03 Å².